The van der Waals surface area contributed by atoms with Crippen LogP contribution in [-0.4, -0.2) is 11.7 Å². The number of nitrogens with zero attached hydrogens (tertiary/aromatic N) is 2. The van der Waals surface area contributed by atoms with Gasteiger partial charge in [0.25, 0.3) is 0 Å². The lowest BCUT2D eigenvalue weighted by molar-refractivity contribution is -0.137. The second-order valence-corrected chi connectivity index (χ2v) is 4.43. The molecule has 0 aliphatic carbocycles. The molecule has 25 heavy (non-hydrogen) atoms. The van der Waals surface area contributed by atoms with Gasteiger partial charge in [0.2, 0.25) is 0 Å². The van der Waals surface area contributed by atoms with E-state index < -0.39 is 17.3 Å². The summed E-state index contributed by atoms with van der Waals surface area (Å²) < 4.78 is 44.1. The Bertz CT molecular complexity index is 748. The number of terminal acetylenes is 1. The van der Waals surface area contributed by atoms with Crippen molar-refractivity contribution in [2.45, 2.75) is 19.5 Å². The number of nitriles is 2. The second-order valence-electron chi connectivity index (χ2n) is 4.43. The quantitative estimate of drug-likeness (QED) is 0.378. The maximum absolute atomic E-state index is 12.9. The van der Waals surface area contributed by atoms with E-state index in [0.29, 0.717) is 12.5 Å². The van der Waals surface area contributed by atoms with Gasteiger partial charge in [0.05, 0.1) is 28.8 Å². The molecule has 0 spiro atoms. The first-order valence-electron chi connectivity index (χ1n) is 6.84. The molecule has 130 valence electrons. The van der Waals surface area contributed by atoms with Crippen molar-refractivity contribution < 1.29 is 23.0 Å². The minimum absolute atomic E-state index is 0.0683. The van der Waals surface area contributed by atoms with Crippen LogP contribution >= 0.6 is 0 Å². The van der Waals surface area contributed by atoms with E-state index >= 15 is 0 Å². The van der Waals surface area contributed by atoms with E-state index in [-0.39, 0.29) is 23.7 Å². The first kappa shape index (κ1) is 21.8. The molecular weight excluding hydrogens is 333 g/mol. The molecule has 0 saturated carbocycles. The number of rotatable bonds is 5. The van der Waals surface area contributed by atoms with Crippen LogP contribution in [0.2, 0.25) is 0 Å². The zero-order valence-corrected chi connectivity index (χ0v) is 13.3. The van der Waals surface area contributed by atoms with E-state index in [1.165, 1.54) is 31.2 Å². The molecule has 0 aliphatic heterocycles. The number of aliphatic hydroxyl groups excluding tert-OH is 1. The van der Waals surface area contributed by atoms with Crippen molar-refractivity contribution in [2.75, 3.05) is 6.61 Å². The highest BCUT2D eigenvalue weighted by Crippen LogP contribution is 2.34. The largest absolute Gasteiger partial charge is 0.456 e. The average Bonchev–Trinajstić information content (AvgIpc) is 2.61. The SMILES string of the molecule is C#C.C/C(C#N)=C(\C=C/CCO)Oc1ccc(C#N)c(C(F)(F)F)c1. The summed E-state index contributed by atoms with van der Waals surface area (Å²) in [6.45, 7) is 1.34. The molecule has 0 saturated heterocycles. The summed E-state index contributed by atoms with van der Waals surface area (Å²) in [5, 5.41) is 26.4. The summed E-state index contributed by atoms with van der Waals surface area (Å²) in [5.41, 5.74) is -1.45. The highest BCUT2D eigenvalue weighted by atomic mass is 19.4. The summed E-state index contributed by atoms with van der Waals surface area (Å²) in [5.74, 6) is -0.0756. The Labute approximate surface area is 144 Å². The predicted octanol–water partition coefficient (Wildman–Crippen LogP) is 3.94. The summed E-state index contributed by atoms with van der Waals surface area (Å²) in [6.07, 6.45) is 6.56. The molecule has 0 bridgehead atoms. The molecule has 0 amide bonds. The van der Waals surface area contributed by atoms with E-state index in [0.717, 1.165) is 6.07 Å². The van der Waals surface area contributed by atoms with Crippen molar-refractivity contribution in [2.24, 2.45) is 0 Å². The van der Waals surface area contributed by atoms with Crippen LogP contribution in [0.5, 0.6) is 5.75 Å². The summed E-state index contributed by atoms with van der Waals surface area (Å²) >= 11 is 0. The van der Waals surface area contributed by atoms with E-state index in [1.54, 1.807) is 0 Å². The van der Waals surface area contributed by atoms with Crippen LogP contribution < -0.4 is 4.74 Å². The van der Waals surface area contributed by atoms with Crippen molar-refractivity contribution in [1.82, 2.24) is 0 Å². The monoisotopic (exact) mass is 348 g/mol. The van der Waals surface area contributed by atoms with Crippen LogP contribution in [0.3, 0.4) is 0 Å². The van der Waals surface area contributed by atoms with Gasteiger partial charge in [0.15, 0.2) is 0 Å². The predicted molar refractivity (Wildman–Crippen MR) is 85.8 cm³/mol. The Morgan fingerprint density at radius 2 is 1.96 bits per heavy atom. The lowest BCUT2D eigenvalue weighted by atomic mass is 10.1. The van der Waals surface area contributed by atoms with Crippen LogP contribution in [-0.2, 0) is 6.18 Å². The molecule has 0 radical (unpaired) electrons. The number of allylic oxidation sites excluding steroid dienone is 2. The summed E-state index contributed by atoms with van der Waals surface area (Å²) in [6, 6.07) is 6.26. The number of hydrogen-bond acceptors (Lipinski definition) is 4. The Hall–Kier alpha value is -3.21. The van der Waals surface area contributed by atoms with Gasteiger partial charge < -0.3 is 9.84 Å². The normalized spacial score (nSPS) is 11.6. The fraction of sp³-hybridized carbons (Fsp3) is 0.222. The van der Waals surface area contributed by atoms with Gasteiger partial charge >= 0.3 is 6.18 Å². The maximum atomic E-state index is 12.9. The number of aliphatic hydroxyl groups is 1. The Kier molecular flexibility index (Phi) is 9.19. The van der Waals surface area contributed by atoms with Gasteiger partial charge in [0.1, 0.15) is 11.5 Å². The van der Waals surface area contributed by atoms with Crippen LogP contribution in [0.25, 0.3) is 0 Å². The molecule has 0 aliphatic rings. The van der Waals surface area contributed by atoms with Crippen LogP contribution in [0.15, 0.2) is 41.7 Å². The third-order valence-corrected chi connectivity index (χ3v) is 2.75. The van der Waals surface area contributed by atoms with Crippen LogP contribution in [0.4, 0.5) is 13.2 Å². The number of hydrogen-bond donors (Lipinski definition) is 1. The van der Waals surface area contributed by atoms with Gasteiger partial charge in [-0.05, 0) is 37.6 Å². The molecule has 0 fully saturated rings. The standard InChI is InChI=1S/C16H13F3N2O2.C2H2/c1-11(9-20)15(4-2-3-7-22)23-13-6-5-12(10-21)14(8-13)16(17,18)19;1-2/h2,4-6,8,22H,3,7H2,1H3;1-2H/b4-2-,15-11-;. The Balaban J connectivity index is 0.00000277. The topological polar surface area (TPSA) is 77.0 Å². The van der Waals surface area contributed by atoms with Gasteiger partial charge in [-0.25, -0.2) is 0 Å². The van der Waals surface area contributed by atoms with E-state index in [9.17, 15) is 13.2 Å². The average molecular weight is 348 g/mol. The fourth-order valence-corrected chi connectivity index (χ4v) is 1.60. The molecule has 1 aromatic rings. The molecule has 0 heterocycles. The maximum Gasteiger partial charge on any atom is 0.417 e. The lowest BCUT2D eigenvalue weighted by Gasteiger charge is -2.12. The lowest BCUT2D eigenvalue weighted by Crippen LogP contribution is -2.08. The van der Waals surface area contributed by atoms with Gasteiger partial charge in [0, 0.05) is 6.61 Å². The van der Waals surface area contributed by atoms with Crippen LogP contribution in [0.1, 0.15) is 24.5 Å². The zero-order valence-electron chi connectivity index (χ0n) is 13.3. The highest BCUT2D eigenvalue weighted by Gasteiger charge is 2.34. The molecular formula is C18H15F3N2O2. The molecule has 1 aromatic carbocycles. The molecule has 1 rings (SSSR count). The number of ether oxygens (including phenoxy) is 1. The smallest absolute Gasteiger partial charge is 0.417 e. The van der Waals surface area contributed by atoms with E-state index in [4.69, 9.17) is 20.4 Å². The molecule has 0 aromatic heterocycles. The number of benzene rings is 1. The van der Waals surface area contributed by atoms with Crippen molar-refractivity contribution in [3.8, 4) is 30.7 Å². The Morgan fingerprint density at radius 3 is 2.44 bits per heavy atom. The first-order chi connectivity index (χ1) is 11.8. The first-order valence-corrected chi connectivity index (χ1v) is 6.84. The minimum Gasteiger partial charge on any atom is -0.456 e. The summed E-state index contributed by atoms with van der Waals surface area (Å²) in [7, 11) is 0. The number of alkyl halides is 3. The van der Waals surface area contributed by atoms with E-state index in [1.807, 2.05) is 6.07 Å². The summed E-state index contributed by atoms with van der Waals surface area (Å²) in [4.78, 5) is 0. The molecule has 0 atom stereocenters. The molecule has 0 unspecified atom stereocenters. The highest BCUT2D eigenvalue weighted by molar-refractivity contribution is 5.45. The van der Waals surface area contributed by atoms with Gasteiger partial charge in [-0.15, -0.1) is 12.8 Å². The van der Waals surface area contributed by atoms with Crippen molar-refractivity contribution in [3.05, 3.63) is 52.8 Å². The van der Waals surface area contributed by atoms with Crippen molar-refractivity contribution >= 4 is 0 Å². The Morgan fingerprint density at radius 1 is 1.32 bits per heavy atom. The zero-order chi connectivity index (χ0) is 19.5. The van der Waals surface area contributed by atoms with Crippen molar-refractivity contribution in [3.63, 3.8) is 0 Å². The van der Waals surface area contributed by atoms with Gasteiger partial charge in [-0.2, -0.15) is 23.7 Å². The second kappa shape index (κ2) is 10.5. The number of halogens is 3. The van der Waals surface area contributed by atoms with Crippen molar-refractivity contribution in [1.29, 1.82) is 10.5 Å². The van der Waals surface area contributed by atoms with Gasteiger partial charge in [-0.1, -0.05) is 6.08 Å². The fourth-order valence-electron chi connectivity index (χ4n) is 1.60. The van der Waals surface area contributed by atoms with E-state index in [2.05, 4.69) is 12.8 Å². The third-order valence-electron chi connectivity index (χ3n) is 2.75. The molecule has 4 nitrogen and oxygen atoms in total. The van der Waals surface area contributed by atoms with Gasteiger partial charge in [-0.3, -0.25) is 0 Å². The third kappa shape index (κ3) is 6.83. The van der Waals surface area contributed by atoms with Crippen LogP contribution in [0, 0.1) is 35.5 Å². The molecule has 1 N–H and O–H groups in total. The minimum atomic E-state index is -4.69. The molecule has 7 heteroatoms.